The molecule has 0 aliphatic carbocycles. The molecule has 2 aromatic rings. The number of halogens is 1. The second kappa shape index (κ2) is 5.81. The topological polar surface area (TPSA) is 62.2 Å². The number of nitrogens with zero attached hydrogens (tertiary/aromatic N) is 1. The average Bonchev–Trinajstić information content (AvgIpc) is 2.86. The van der Waals surface area contributed by atoms with Gasteiger partial charge in [0.25, 0.3) is 0 Å². The van der Waals surface area contributed by atoms with E-state index in [9.17, 15) is 4.79 Å². The Balaban J connectivity index is 1.96. The summed E-state index contributed by atoms with van der Waals surface area (Å²) in [5.74, 6) is -0.928. The van der Waals surface area contributed by atoms with Gasteiger partial charge in [-0.2, -0.15) is 4.37 Å². The fourth-order valence-electron chi connectivity index (χ4n) is 1.53. The van der Waals surface area contributed by atoms with Gasteiger partial charge in [-0.15, -0.1) is 11.3 Å². The molecule has 2 N–H and O–H groups in total. The van der Waals surface area contributed by atoms with Gasteiger partial charge in [0.05, 0.1) is 9.48 Å². The number of aryl methyl sites for hydroxylation is 1. The molecule has 0 aliphatic heterocycles. The van der Waals surface area contributed by atoms with Gasteiger partial charge in [-0.3, -0.25) is 0 Å². The predicted molar refractivity (Wildman–Crippen MR) is 78.0 cm³/mol. The first-order chi connectivity index (χ1) is 8.58. The molecule has 4 nitrogen and oxygen atoms in total. The quantitative estimate of drug-likeness (QED) is 0.867. The van der Waals surface area contributed by atoms with Crippen LogP contribution in [0.5, 0.6) is 0 Å². The summed E-state index contributed by atoms with van der Waals surface area (Å²) in [5.41, 5.74) is 0.848. The van der Waals surface area contributed by atoms with Gasteiger partial charge in [-0.05, 0) is 52.9 Å². The third-order valence-corrected chi connectivity index (χ3v) is 4.94. The van der Waals surface area contributed by atoms with Crippen molar-refractivity contribution in [3.63, 3.8) is 0 Å². The van der Waals surface area contributed by atoms with Crippen molar-refractivity contribution < 1.29 is 9.90 Å². The van der Waals surface area contributed by atoms with E-state index < -0.39 is 5.97 Å². The smallest absolute Gasteiger partial charge is 0.340 e. The number of aromatic nitrogens is 1. The van der Waals surface area contributed by atoms with E-state index in [0.717, 1.165) is 10.2 Å². The van der Waals surface area contributed by atoms with Crippen LogP contribution in [0.3, 0.4) is 0 Å². The van der Waals surface area contributed by atoms with Crippen molar-refractivity contribution in [2.24, 2.45) is 0 Å². The molecule has 96 valence electrons. The molecule has 7 heteroatoms. The summed E-state index contributed by atoms with van der Waals surface area (Å²) in [6.45, 7) is 2.41. The van der Waals surface area contributed by atoms with E-state index in [1.807, 2.05) is 6.07 Å². The van der Waals surface area contributed by atoms with Gasteiger partial charge in [-0.1, -0.05) is 0 Å². The number of anilines is 1. The van der Waals surface area contributed by atoms with E-state index in [-0.39, 0.29) is 5.56 Å². The second-order valence-electron chi connectivity index (χ2n) is 3.66. The minimum absolute atomic E-state index is 0.285. The lowest BCUT2D eigenvalue weighted by molar-refractivity contribution is 0.0697. The fraction of sp³-hybridized carbons (Fsp3) is 0.273. The molecule has 0 aromatic carbocycles. The third kappa shape index (κ3) is 3.09. The summed E-state index contributed by atoms with van der Waals surface area (Å²) in [5, 5.41) is 12.9. The van der Waals surface area contributed by atoms with E-state index >= 15 is 0 Å². The predicted octanol–water partition coefficient (Wildman–Crippen LogP) is 3.63. The average molecular weight is 347 g/mol. The van der Waals surface area contributed by atoms with Gasteiger partial charge in [0.15, 0.2) is 0 Å². The van der Waals surface area contributed by atoms with Gasteiger partial charge in [-0.25, -0.2) is 4.79 Å². The Kier molecular flexibility index (Phi) is 4.36. The van der Waals surface area contributed by atoms with E-state index in [1.165, 1.54) is 16.4 Å². The first-order valence-corrected chi connectivity index (χ1v) is 7.64. The summed E-state index contributed by atoms with van der Waals surface area (Å²) in [6.07, 6.45) is 0.867. The number of carboxylic acids is 1. The molecule has 0 saturated heterocycles. The molecule has 0 spiro atoms. The largest absolute Gasteiger partial charge is 0.478 e. The van der Waals surface area contributed by atoms with E-state index in [0.29, 0.717) is 17.2 Å². The first kappa shape index (κ1) is 13.5. The van der Waals surface area contributed by atoms with Crippen LogP contribution in [0, 0.1) is 6.92 Å². The number of carbonyl (C=O) groups is 1. The van der Waals surface area contributed by atoms with Crippen molar-refractivity contribution in [1.82, 2.24) is 4.37 Å². The zero-order valence-corrected chi connectivity index (χ0v) is 12.8. The Morgan fingerprint density at radius 2 is 2.33 bits per heavy atom. The van der Waals surface area contributed by atoms with Crippen molar-refractivity contribution in [2.75, 3.05) is 11.9 Å². The van der Waals surface area contributed by atoms with Crippen LogP contribution in [0.4, 0.5) is 5.00 Å². The monoisotopic (exact) mass is 346 g/mol. The van der Waals surface area contributed by atoms with E-state index in [1.54, 1.807) is 18.3 Å². The van der Waals surface area contributed by atoms with Crippen LogP contribution in [0.2, 0.25) is 0 Å². The zero-order valence-electron chi connectivity index (χ0n) is 9.57. The molecule has 0 bridgehead atoms. The molecule has 0 saturated carbocycles. The van der Waals surface area contributed by atoms with Crippen LogP contribution in [0.15, 0.2) is 15.9 Å². The number of nitrogens with one attached hydrogen (secondary N) is 1. The molecule has 0 aliphatic rings. The van der Waals surface area contributed by atoms with Crippen LogP contribution in [0.25, 0.3) is 0 Å². The van der Waals surface area contributed by atoms with Crippen LogP contribution in [0.1, 0.15) is 20.9 Å². The van der Waals surface area contributed by atoms with Gasteiger partial charge in [0.1, 0.15) is 10.6 Å². The van der Waals surface area contributed by atoms with Crippen molar-refractivity contribution in [2.45, 2.75) is 13.3 Å². The molecule has 0 unspecified atom stereocenters. The van der Waals surface area contributed by atoms with Crippen molar-refractivity contribution in [3.8, 4) is 0 Å². The summed E-state index contributed by atoms with van der Waals surface area (Å²) < 4.78 is 5.17. The molecule has 2 aromatic heterocycles. The Morgan fingerprint density at radius 1 is 1.56 bits per heavy atom. The second-order valence-corrected chi connectivity index (χ2v) is 6.98. The number of hydrogen-bond acceptors (Lipinski definition) is 5. The first-order valence-electron chi connectivity index (χ1n) is 5.25. The Hall–Kier alpha value is -0.920. The van der Waals surface area contributed by atoms with Gasteiger partial charge in [0.2, 0.25) is 0 Å². The molecule has 0 radical (unpaired) electrons. The molecule has 18 heavy (non-hydrogen) atoms. The Bertz CT molecular complexity index is 565. The van der Waals surface area contributed by atoms with Crippen molar-refractivity contribution in [3.05, 3.63) is 32.1 Å². The Morgan fingerprint density at radius 3 is 2.94 bits per heavy atom. The number of aromatic carboxylic acids is 1. The minimum Gasteiger partial charge on any atom is -0.478 e. The molecular weight excluding hydrogens is 336 g/mol. The molecule has 0 atom stereocenters. The van der Waals surface area contributed by atoms with Crippen LogP contribution >= 0.6 is 38.8 Å². The molecule has 2 heterocycles. The summed E-state index contributed by atoms with van der Waals surface area (Å²) >= 11 is 6.30. The normalized spacial score (nSPS) is 10.6. The van der Waals surface area contributed by atoms with Gasteiger partial charge in [0, 0.05) is 11.4 Å². The standard InChI is InChI=1S/C11H11BrN2O2S2/c1-6-9(11(15)16)10(18-14-6)13-5-4-7-2-3-8(12)17-7/h2-3,13H,4-5H2,1H3,(H,15,16). The highest BCUT2D eigenvalue weighted by molar-refractivity contribution is 9.11. The number of hydrogen-bond donors (Lipinski definition) is 2. The van der Waals surface area contributed by atoms with Crippen molar-refractivity contribution >= 4 is 49.8 Å². The highest BCUT2D eigenvalue weighted by Crippen LogP contribution is 2.25. The minimum atomic E-state index is -0.928. The molecule has 2 rings (SSSR count). The van der Waals surface area contributed by atoms with Crippen LogP contribution in [-0.2, 0) is 6.42 Å². The lowest BCUT2D eigenvalue weighted by Crippen LogP contribution is -2.07. The number of carboxylic acid groups (broad SMARTS) is 1. The third-order valence-electron chi connectivity index (χ3n) is 2.36. The molecular formula is C11H11BrN2O2S2. The zero-order chi connectivity index (χ0) is 13.1. The number of rotatable bonds is 5. The molecule has 0 fully saturated rings. The summed E-state index contributed by atoms with van der Waals surface area (Å²) in [4.78, 5) is 12.3. The van der Waals surface area contributed by atoms with Gasteiger partial charge < -0.3 is 10.4 Å². The Labute approximate surface area is 121 Å². The van der Waals surface area contributed by atoms with E-state index in [4.69, 9.17) is 5.11 Å². The SMILES string of the molecule is Cc1nsc(NCCc2ccc(Br)s2)c1C(=O)O. The number of thiophene rings is 1. The fourth-order valence-corrected chi connectivity index (χ4v) is 3.82. The summed E-state index contributed by atoms with van der Waals surface area (Å²) in [7, 11) is 0. The summed E-state index contributed by atoms with van der Waals surface area (Å²) in [6, 6.07) is 4.08. The van der Waals surface area contributed by atoms with E-state index in [2.05, 4.69) is 31.7 Å². The molecule has 0 amide bonds. The lowest BCUT2D eigenvalue weighted by Gasteiger charge is -2.03. The van der Waals surface area contributed by atoms with Crippen LogP contribution in [-0.4, -0.2) is 22.0 Å². The van der Waals surface area contributed by atoms with Gasteiger partial charge >= 0.3 is 5.97 Å². The maximum Gasteiger partial charge on any atom is 0.340 e. The highest BCUT2D eigenvalue weighted by atomic mass is 79.9. The lowest BCUT2D eigenvalue weighted by atomic mass is 10.2. The maximum absolute atomic E-state index is 11.1. The van der Waals surface area contributed by atoms with Crippen LogP contribution < -0.4 is 5.32 Å². The van der Waals surface area contributed by atoms with Crippen molar-refractivity contribution in [1.29, 1.82) is 0 Å². The highest BCUT2D eigenvalue weighted by Gasteiger charge is 2.16. The maximum atomic E-state index is 11.1.